The fraction of sp³-hybridized carbons (Fsp3) is 0.333. The summed E-state index contributed by atoms with van der Waals surface area (Å²) in [5.41, 5.74) is 6.19. The van der Waals surface area contributed by atoms with Crippen LogP contribution in [-0.2, 0) is 6.54 Å². The molecular weight excluding hydrogens is 272 g/mol. The third-order valence-electron chi connectivity index (χ3n) is 1.73. The Bertz CT molecular complexity index is 347. The van der Waals surface area contributed by atoms with Gasteiger partial charge in [0, 0.05) is 6.54 Å². The Morgan fingerprint density at radius 1 is 1.47 bits per heavy atom. The van der Waals surface area contributed by atoms with E-state index in [0.717, 1.165) is 5.56 Å². The minimum atomic E-state index is -2.89. The van der Waals surface area contributed by atoms with E-state index in [9.17, 15) is 8.78 Å². The number of hydrogen-bond acceptors (Lipinski definition) is 3. The van der Waals surface area contributed by atoms with Gasteiger partial charge in [0.2, 0.25) is 0 Å². The molecule has 84 valence electrons. The maximum absolute atomic E-state index is 12.1. The normalized spacial score (nSPS) is 10.5. The summed E-state index contributed by atoms with van der Waals surface area (Å²) in [5, 5.41) is 0. The lowest BCUT2D eigenvalue weighted by atomic mass is 10.2. The van der Waals surface area contributed by atoms with E-state index in [4.69, 9.17) is 10.5 Å². The number of rotatable bonds is 4. The number of nitrogens with two attached hydrogens (primary N) is 1. The molecule has 1 aromatic carbocycles. The fourth-order valence-electron chi connectivity index (χ4n) is 1.09. The van der Waals surface area contributed by atoms with Crippen molar-refractivity contribution in [2.45, 2.75) is 13.2 Å². The first kappa shape index (κ1) is 12.2. The van der Waals surface area contributed by atoms with Gasteiger partial charge >= 0.3 is 6.61 Å². The van der Waals surface area contributed by atoms with Crippen LogP contribution < -0.4 is 15.2 Å². The minimum Gasteiger partial charge on any atom is -0.493 e. The molecule has 0 saturated heterocycles. The summed E-state index contributed by atoms with van der Waals surface area (Å²) >= 11 is 3.11. The Morgan fingerprint density at radius 2 is 2.13 bits per heavy atom. The average molecular weight is 282 g/mol. The van der Waals surface area contributed by atoms with Gasteiger partial charge in [0.15, 0.2) is 11.5 Å². The van der Waals surface area contributed by atoms with Crippen molar-refractivity contribution in [3.63, 3.8) is 0 Å². The summed E-state index contributed by atoms with van der Waals surface area (Å²) in [4.78, 5) is 0. The number of ether oxygens (including phenoxy) is 2. The number of alkyl halides is 2. The lowest BCUT2D eigenvalue weighted by Gasteiger charge is -2.12. The maximum Gasteiger partial charge on any atom is 0.387 e. The zero-order valence-electron chi connectivity index (χ0n) is 7.97. The molecule has 0 aliphatic rings. The molecule has 6 heteroatoms. The molecule has 0 amide bonds. The van der Waals surface area contributed by atoms with E-state index in [1.165, 1.54) is 7.11 Å². The quantitative estimate of drug-likeness (QED) is 0.922. The third-order valence-corrected chi connectivity index (χ3v) is 2.32. The summed E-state index contributed by atoms with van der Waals surface area (Å²) in [6.45, 7) is -2.59. The molecular formula is C9H10BrF2NO2. The van der Waals surface area contributed by atoms with Gasteiger partial charge in [-0.15, -0.1) is 0 Å². The molecule has 0 aliphatic carbocycles. The maximum atomic E-state index is 12.1. The molecule has 1 aromatic rings. The third kappa shape index (κ3) is 3.04. The SMILES string of the molecule is COc1cc(CN)cc(Br)c1OC(F)F. The molecule has 0 spiro atoms. The first-order chi connectivity index (χ1) is 7.08. The smallest absolute Gasteiger partial charge is 0.387 e. The van der Waals surface area contributed by atoms with E-state index < -0.39 is 6.61 Å². The van der Waals surface area contributed by atoms with Crippen LogP contribution in [0.2, 0.25) is 0 Å². The van der Waals surface area contributed by atoms with Gasteiger partial charge < -0.3 is 15.2 Å². The van der Waals surface area contributed by atoms with Crippen molar-refractivity contribution in [1.82, 2.24) is 0 Å². The van der Waals surface area contributed by atoms with Gasteiger partial charge in [0.25, 0.3) is 0 Å². The van der Waals surface area contributed by atoms with Crippen molar-refractivity contribution in [3.05, 3.63) is 22.2 Å². The first-order valence-electron chi connectivity index (χ1n) is 4.09. The molecule has 0 atom stereocenters. The molecule has 3 nitrogen and oxygen atoms in total. The zero-order chi connectivity index (χ0) is 11.4. The van der Waals surface area contributed by atoms with Gasteiger partial charge in [-0.25, -0.2) is 0 Å². The van der Waals surface area contributed by atoms with Crippen LogP contribution in [0.3, 0.4) is 0 Å². The summed E-state index contributed by atoms with van der Waals surface area (Å²) in [6, 6.07) is 3.17. The van der Waals surface area contributed by atoms with Crippen molar-refractivity contribution in [1.29, 1.82) is 0 Å². The van der Waals surface area contributed by atoms with E-state index >= 15 is 0 Å². The predicted octanol–water partition coefficient (Wildman–Crippen LogP) is 2.52. The molecule has 0 saturated carbocycles. The van der Waals surface area contributed by atoms with Crippen LogP contribution in [0.25, 0.3) is 0 Å². The van der Waals surface area contributed by atoms with E-state index in [2.05, 4.69) is 20.7 Å². The molecule has 2 N–H and O–H groups in total. The first-order valence-corrected chi connectivity index (χ1v) is 4.89. The second-order valence-electron chi connectivity index (χ2n) is 2.69. The van der Waals surface area contributed by atoms with Crippen molar-refractivity contribution < 1.29 is 18.3 Å². The van der Waals surface area contributed by atoms with Gasteiger partial charge in [-0.1, -0.05) is 0 Å². The van der Waals surface area contributed by atoms with Gasteiger partial charge in [0.1, 0.15) is 0 Å². The van der Waals surface area contributed by atoms with E-state index in [1.807, 2.05) is 0 Å². The Labute approximate surface area is 94.3 Å². The van der Waals surface area contributed by atoms with Gasteiger partial charge in [-0.3, -0.25) is 0 Å². The Hall–Kier alpha value is -0.880. The molecule has 0 aliphatic heterocycles. The van der Waals surface area contributed by atoms with Crippen molar-refractivity contribution in [2.75, 3.05) is 7.11 Å². The molecule has 15 heavy (non-hydrogen) atoms. The average Bonchev–Trinajstić information content (AvgIpc) is 2.20. The van der Waals surface area contributed by atoms with Crippen LogP contribution >= 0.6 is 15.9 Å². The van der Waals surface area contributed by atoms with Crippen LogP contribution in [0.15, 0.2) is 16.6 Å². The zero-order valence-corrected chi connectivity index (χ0v) is 9.55. The van der Waals surface area contributed by atoms with Crippen molar-refractivity contribution >= 4 is 15.9 Å². The van der Waals surface area contributed by atoms with Crippen molar-refractivity contribution in [2.24, 2.45) is 5.73 Å². The van der Waals surface area contributed by atoms with Crippen molar-refractivity contribution in [3.8, 4) is 11.5 Å². The molecule has 0 radical (unpaired) electrons. The Balaban J connectivity index is 3.12. The fourth-order valence-corrected chi connectivity index (χ4v) is 1.68. The number of benzene rings is 1. The second-order valence-corrected chi connectivity index (χ2v) is 3.55. The largest absolute Gasteiger partial charge is 0.493 e. The van der Waals surface area contributed by atoms with E-state index in [-0.39, 0.29) is 11.5 Å². The Morgan fingerprint density at radius 3 is 2.60 bits per heavy atom. The van der Waals surface area contributed by atoms with Gasteiger partial charge in [-0.05, 0) is 33.6 Å². The molecule has 0 unspecified atom stereocenters. The van der Waals surface area contributed by atoms with Crippen LogP contribution in [-0.4, -0.2) is 13.7 Å². The van der Waals surface area contributed by atoms with Gasteiger partial charge in [-0.2, -0.15) is 8.78 Å². The van der Waals surface area contributed by atoms with Crippen LogP contribution in [0, 0.1) is 0 Å². The summed E-state index contributed by atoms with van der Waals surface area (Å²) in [6.07, 6.45) is 0. The Kier molecular flexibility index (Phi) is 4.28. The van der Waals surface area contributed by atoms with Crippen LogP contribution in [0.5, 0.6) is 11.5 Å². The number of halogens is 3. The molecule has 0 bridgehead atoms. The minimum absolute atomic E-state index is 0.0234. The highest BCUT2D eigenvalue weighted by Crippen LogP contribution is 2.37. The van der Waals surface area contributed by atoms with Crippen LogP contribution in [0.1, 0.15) is 5.56 Å². The summed E-state index contributed by atoms with van der Waals surface area (Å²) in [5.74, 6) is 0.204. The number of hydrogen-bond donors (Lipinski definition) is 1. The summed E-state index contributed by atoms with van der Waals surface area (Å²) in [7, 11) is 1.38. The second kappa shape index (κ2) is 5.27. The van der Waals surface area contributed by atoms with E-state index in [1.54, 1.807) is 12.1 Å². The van der Waals surface area contributed by atoms with E-state index in [0.29, 0.717) is 11.0 Å². The highest BCUT2D eigenvalue weighted by atomic mass is 79.9. The predicted molar refractivity (Wildman–Crippen MR) is 55.2 cm³/mol. The number of methoxy groups -OCH3 is 1. The molecule has 0 aromatic heterocycles. The monoisotopic (exact) mass is 281 g/mol. The summed E-state index contributed by atoms with van der Waals surface area (Å²) < 4.78 is 33.8. The highest BCUT2D eigenvalue weighted by Gasteiger charge is 2.15. The van der Waals surface area contributed by atoms with Gasteiger partial charge in [0.05, 0.1) is 11.6 Å². The molecule has 0 fully saturated rings. The highest BCUT2D eigenvalue weighted by molar-refractivity contribution is 9.10. The van der Waals surface area contributed by atoms with Crippen LogP contribution in [0.4, 0.5) is 8.78 Å². The lowest BCUT2D eigenvalue weighted by molar-refractivity contribution is -0.0517. The topological polar surface area (TPSA) is 44.5 Å². The molecule has 0 heterocycles. The standard InChI is InChI=1S/C9H10BrF2NO2/c1-14-7-3-5(4-13)2-6(10)8(7)15-9(11)12/h2-3,9H,4,13H2,1H3. The molecule has 1 rings (SSSR count). The lowest BCUT2D eigenvalue weighted by Crippen LogP contribution is -2.05.